The van der Waals surface area contributed by atoms with Crippen LogP contribution in [-0.4, -0.2) is 38.3 Å². The Morgan fingerprint density at radius 2 is 2.19 bits per heavy atom. The van der Waals surface area contributed by atoms with Crippen molar-refractivity contribution in [2.45, 2.75) is 45.1 Å². The highest BCUT2D eigenvalue weighted by Crippen LogP contribution is 2.34. The van der Waals surface area contributed by atoms with Crippen LogP contribution >= 0.6 is 11.3 Å². The third kappa shape index (κ3) is 4.52. The van der Waals surface area contributed by atoms with Crippen molar-refractivity contribution in [1.82, 2.24) is 4.90 Å². The minimum absolute atomic E-state index is 0.220. The summed E-state index contributed by atoms with van der Waals surface area (Å²) in [6.07, 6.45) is 2.47. The minimum Gasteiger partial charge on any atom is -0.381 e. The second-order valence-electron chi connectivity index (χ2n) is 7.23. The van der Waals surface area contributed by atoms with Gasteiger partial charge in [-0.3, -0.25) is 4.90 Å². The Kier molecular flexibility index (Phi) is 5.83. The molecule has 0 spiro atoms. The number of hydrogen-bond acceptors (Lipinski definition) is 4. The van der Waals surface area contributed by atoms with Gasteiger partial charge in [0.2, 0.25) is 0 Å². The van der Waals surface area contributed by atoms with Crippen molar-refractivity contribution in [3.63, 3.8) is 0 Å². The van der Waals surface area contributed by atoms with Crippen LogP contribution in [0.15, 0.2) is 12.1 Å². The quantitative estimate of drug-likeness (QED) is 0.906. The molecular weight excluding hydrogens is 280 g/mol. The molecule has 0 amide bonds. The Morgan fingerprint density at radius 1 is 1.43 bits per heavy atom. The number of likely N-dealkylation sites (N-methyl/N-ethyl adjacent to an activating group) is 1. The second kappa shape index (κ2) is 7.23. The first-order chi connectivity index (χ1) is 9.91. The summed E-state index contributed by atoms with van der Waals surface area (Å²) in [6, 6.07) is 4.85. The Labute approximate surface area is 133 Å². The van der Waals surface area contributed by atoms with E-state index in [1.807, 2.05) is 11.3 Å². The molecule has 1 aliphatic rings. The SMILES string of the molecule is CN(CC1CCCOC1)C(CN)c1ccc(C(C)(C)C)s1. The topological polar surface area (TPSA) is 38.5 Å². The van der Waals surface area contributed by atoms with E-state index in [4.69, 9.17) is 10.5 Å². The molecule has 2 unspecified atom stereocenters. The zero-order valence-corrected chi connectivity index (χ0v) is 14.7. The molecule has 0 aromatic carbocycles. The van der Waals surface area contributed by atoms with Crippen LogP contribution in [0.1, 0.15) is 49.4 Å². The van der Waals surface area contributed by atoms with Gasteiger partial charge in [-0.15, -0.1) is 11.3 Å². The molecule has 2 heterocycles. The van der Waals surface area contributed by atoms with E-state index in [9.17, 15) is 0 Å². The van der Waals surface area contributed by atoms with Gasteiger partial charge in [0.05, 0.1) is 12.6 Å². The van der Waals surface area contributed by atoms with Crippen molar-refractivity contribution in [2.75, 3.05) is 33.4 Å². The molecule has 1 aromatic heterocycles. The van der Waals surface area contributed by atoms with E-state index in [1.165, 1.54) is 22.6 Å². The highest BCUT2D eigenvalue weighted by molar-refractivity contribution is 7.12. The van der Waals surface area contributed by atoms with Crippen molar-refractivity contribution >= 4 is 11.3 Å². The van der Waals surface area contributed by atoms with Crippen LogP contribution in [0.4, 0.5) is 0 Å². The van der Waals surface area contributed by atoms with E-state index in [0.717, 1.165) is 19.8 Å². The van der Waals surface area contributed by atoms with Crippen molar-refractivity contribution in [1.29, 1.82) is 0 Å². The zero-order valence-electron chi connectivity index (χ0n) is 13.9. The molecule has 2 rings (SSSR count). The maximum Gasteiger partial charge on any atom is 0.0562 e. The molecule has 2 atom stereocenters. The van der Waals surface area contributed by atoms with Gasteiger partial charge in [0.25, 0.3) is 0 Å². The van der Waals surface area contributed by atoms with Crippen LogP contribution in [0.2, 0.25) is 0 Å². The van der Waals surface area contributed by atoms with Crippen LogP contribution in [0.3, 0.4) is 0 Å². The Balaban J connectivity index is 2.02. The first-order valence-electron chi connectivity index (χ1n) is 8.00. The Bertz CT molecular complexity index is 432. The Morgan fingerprint density at radius 3 is 2.71 bits per heavy atom. The molecule has 4 heteroatoms. The van der Waals surface area contributed by atoms with E-state index in [0.29, 0.717) is 18.5 Å². The van der Waals surface area contributed by atoms with Gasteiger partial charge < -0.3 is 10.5 Å². The zero-order chi connectivity index (χ0) is 15.5. The summed E-state index contributed by atoms with van der Waals surface area (Å²) in [5.74, 6) is 0.653. The molecule has 1 aliphatic heterocycles. The lowest BCUT2D eigenvalue weighted by atomic mass is 9.95. The molecule has 1 saturated heterocycles. The van der Waals surface area contributed by atoms with Gasteiger partial charge in [0, 0.05) is 29.5 Å². The molecule has 0 saturated carbocycles. The lowest BCUT2D eigenvalue weighted by molar-refractivity contribution is 0.0367. The first kappa shape index (κ1) is 16.9. The number of ether oxygens (including phenoxy) is 1. The summed E-state index contributed by atoms with van der Waals surface area (Å²) in [4.78, 5) is 5.24. The van der Waals surface area contributed by atoms with Crippen LogP contribution in [-0.2, 0) is 10.2 Å². The molecule has 0 bridgehead atoms. The molecule has 21 heavy (non-hydrogen) atoms. The third-order valence-corrected chi connectivity index (χ3v) is 5.86. The molecular formula is C17H30N2OS. The van der Waals surface area contributed by atoms with E-state index < -0.39 is 0 Å². The van der Waals surface area contributed by atoms with Crippen LogP contribution in [0, 0.1) is 5.92 Å². The monoisotopic (exact) mass is 310 g/mol. The number of hydrogen-bond donors (Lipinski definition) is 1. The Hall–Kier alpha value is -0.420. The normalized spacial score (nSPS) is 21.7. The van der Waals surface area contributed by atoms with Gasteiger partial charge in [0.15, 0.2) is 0 Å². The average Bonchev–Trinajstić information content (AvgIpc) is 2.90. The smallest absolute Gasteiger partial charge is 0.0562 e. The third-order valence-electron chi connectivity index (χ3n) is 4.25. The predicted octanol–water partition coefficient (Wildman–Crippen LogP) is 3.40. The first-order valence-corrected chi connectivity index (χ1v) is 8.81. The number of thiophene rings is 1. The summed E-state index contributed by atoms with van der Waals surface area (Å²) in [5.41, 5.74) is 6.28. The van der Waals surface area contributed by atoms with Crippen LogP contribution in [0.5, 0.6) is 0 Å². The molecule has 0 aliphatic carbocycles. The highest BCUT2D eigenvalue weighted by Gasteiger charge is 2.24. The summed E-state index contributed by atoms with van der Waals surface area (Å²) < 4.78 is 5.60. The van der Waals surface area contributed by atoms with Gasteiger partial charge in [-0.1, -0.05) is 20.8 Å². The molecule has 1 fully saturated rings. The van der Waals surface area contributed by atoms with Gasteiger partial charge >= 0.3 is 0 Å². The standard InChI is InChI=1S/C17H30N2OS/c1-17(2,3)16-8-7-15(21-16)14(10-18)19(4)11-13-6-5-9-20-12-13/h7-8,13-14H,5-6,9-12,18H2,1-4H3. The maximum atomic E-state index is 6.06. The fourth-order valence-corrected chi connectivity index (χ4v) is 4.18. The second-order valence-corrected chi connectivity index (χ2v) is 8.34. The maximum absolute atomic E-state index is 6.06. The number of rotatable bonds is 5. The van der Waals surface area contributed by atoms with Crippen molar-refractivity contribution < 1.29 is 4.74 Å². The summed E-state index contributed by atoms with van der Waals surface area (Å²) in [6.45, 7) is 10.4. The molecule has 2 N–H and O–H groups in total. The van der Waals surface area contributed by atoms with Crippen molar-refractivity contribution in [2.24, 2.45) is 11.7 Å². The fraction of sp³-hybridized carbons (Fsp3) is 0.765. The highest BCUT2D eigenvalue weighted by atomic mass is 32.1. The van der Waals surface area contributed by atoms with E-state index in [1.54, 1.807) is 0 Å². The fourth-order valence-electron chi connectivity index (χ4n) is 2.93. The van der Waals surface area contributed by atoms with Gasteiger partial charge in [-0.05, 0) is 43.4 Å². The largest absolute Gasteiger partial charge is 0.381 e. The van der Waals surface area contributed by atoms with E-state index in [-0.39, 0.29) is 5.41 Å². The van der Waals surface area contributed by atoms with Gasteiger partial charge in [-0.25, -0.2) is 0 Å². The average molecular weight is 311 g/mol. The molecule has 120 valence electrons. The van der Waals surface area contributed by atoms with Gasteiger partial charge in [0.1, 0.15) is 0 Å². The van der Waals surface area contributed by atoms with Crippen LogP contribution < -0.4 is 5.73 Å². The van der Waals surface area contributed by atoms with Crippen molar-refractivity contribution in [3.8, 4) is 0 Å². The summed E-state index contributed by atoms with van der Waals surface area (Å²) in [7, 11) is 2.20. The van der Waals surface area contributed by atoms with E-state index >= 15 is 0 Å². The predicted molar refractivity (Wildman–Crippen MR) is 91.0 cm³/mol. The summed E-state index contributed by atoms with van der Waals surface area (Å²) in [5, 5.41) is 0. The molecule has 1 aromatic rings. The molecule has 0 radical (unpaired) electrons. The lowest BCUT2D eigenvalue weighted by Crippen LogP contribution is -2.36. The minimum atomic E-state index is 0.220. The van der Waals surface area contributed by atoms with Crippen molar-refractivity contribution in [3.05, 3.63) is 21.9 Å². The number of nitrogens with zero attached hydrogens (tertiary/aromatic N) is 1. The number of nitrogens with two attached hydrogens (primary N) is 1. The molecule has 3 nitrogen and oxygen atoms in total. The summed E-state index contributed by atoms with van der Waals surface area (Å²) >= 11 is 1.91. The van der Waals surface area contributed by atoms with Crippen LogP contribution in [0.25, 0.3) is 0 Å². The van der Waals surface area contributed by atoms with Gasteiger partial charge in [-0.2, -0.15) is 0 Å². The van der Waals surface area contributed by atoms with E-state index in [2.05, 4.69) is 44.9 Å². The lowest BCUT2D eigenvalue weighted by Gasteiger charge is -2.31.